The zero-order valence-electron chi connectivity index (χ0n) is 11.0. The Morgan fingerprint density at radius 3 is 2.35 bits per heavy atom. The van der Waals surface area contributed by atoms with E-state index in [9.17, 15) is 14.4 Å². The number of carbonyl (C=O) groups is 3. The third-order valence-corrected chi connectivity index (χ3v) is 3.29. The monoisotopic (exact) mass is 292 g/mol. The number of nitrogens with one attached hydrogen (secondary N) is 2. The lowest BCUT2D eigenvalue weighted by Gasteiger charge is -2.26. The SMILES string of the molecule is CC(=O)C1=C(C)NC(=O)NC1C(=O)c1ccc(Cl)cc1. The van der Waals surface area contributed by atoms with Crippen molar-refractivity contribution in [3.8, 4) is 0 Å². The molecule has 6 heteroatoms. The summed E-state index contributed by atoms with van der Waals surface area (Å²) >= 11 is 5.77. The first-order valence-electron chi connectivity index (χ1n) is 5.99. The average Bonchev–Trinajstić information content (AvgIpc) is 2.37. The molecule has 1 aliphatic heterocycles. The Morgan fingerprint density at radius 2 is 1.80 bits per heavy atom. The summed E-state index contributed by atoms with van der Waals surface area (Å²) < 4.78 is 0. The van der Waals surface area contributed by atoms with E-state index in [1.807, 2.05) is 0 Å². The lowest BCUT2D eigenvalue weighted by atomic mass is 9.92. The van der Waals surface area contributed by atoms with Crippen LogP contribution in [0.15, 0.2) is 35.5 Å². The second kappa shape index (κ2) is 5.46. The molecule has 1 unspecified atom stereocenters. The van der Waals surface area contributed by atoms with Crippen molar-refractivity contribution < 1.29 is 14.4 Å². The Kier molecular flexibility index (Phi) is 3.90. The lowest BCUT2D eigenvalue weighted by Crippen LogP contribution is -2.52. The summed E-state index contributed by atoms with van der Waals surface area (Å²) in [5.74, 6) is -0.608. The van der Waals surface area contributed by atoms with E-state index in [1.54, 1.807) is 31.2 Å². The van der Waals surface area contributed by atoms with Crippen LogP contribution in [-0.2, 0) is 4.79 Å². The van der Waals surface area contributed by atoms with E-state index < -0.39 is 12.1 Å². The fourth-order valence-electron chi connectivity index (χ4n) is 2.14. The molecule has 0 spiro atoms. The number of urea groups is 1. The second-order valence-electron chi connectivity index (χ2n) is 4.50. The number of carbonyl (C=O) groups excluding carboxylic acids is 3. The first kappa shape index (κ1) is 14.3. The van der Waals surface area contributed by atoms with Crippen molar-refractivity contribution in [2.45, 2.75) is 19.9 Å². The third kappa shape index (κ3) is 2.72. The summed E-state index contributed by atoms with van der Waals surface area (Å²) in [4.78, 5) is 35.6. The maximum absolute atomic E-state index is 12.4. The van der Waals surface area contributed by atoms with E-state index in [-0.39, 0.29) is 17.1 Å². The number of Topliss-reactive ketones (excluding diaryl/α,β-unsaturated/α-hetero) is 2. The Labute approximate surface area is 121 Å². The fourth-order valence-corrected chi connectivity index (χ4v) is 2.26. The molecule has 20 heavy (non-hydrogen) atoms. The Hall–Kier alpha value is -2.14. The highest BCUT2D eigenvalue weighted by Crippen LogP contribution is 2.19. The zero-order chi connectivity index (χ0) is 14.9. The minimum absolute atomic E-state index is 0.262. The van der Waals surface area contributed by atoms with Crippen molar-refractivity contribution in [2.75, 3.05) is 0 Å². The first-order valence-corrected chi connectivity index (χ1v) is 6.37. The number of hydrogen-bond acceptors (Lipinski definition) is 3. The Bertz CT molecular complexity index is 620. The van der Waals surface area contributed by atoms with Gasteiger partial charge in [-0.2, -0.15) is 0 Å². The molecule has 0 bridgehead atoms. The van der Waals surface area contributed by atoms with Crippen LogP contribution in [0.25, 0.3) is 0 Å². The van der Waals surface area contributed by atoms with Gasteiger partial charge in [-0.05, 0) is 38.1 Å². The van der Waals surface area contributed by atoms with E-state index in [4.69, 9.17) is 11.6 Å². The van der Waals surface area contributed by atoms with E-state index in [1.165, 1.54) is 6.92 Å². The van der Waals surface area contributed by atoms with Crippen LogP contribution >= 0.6 is 11.6 Å². The fraction of sp³-hybridized carbons (Fsp3) is 0.214. The van der Waals surface area contributed by atoms with Gasteiger partial charge in [-0.1, -0.05) is 11.6 Å². The van der Waals surface area contributed by atoms with Gasteiger partial charge in [-0.15, -0.1) is 0 Å². The summed E-state index contributed by atoms with van der Waals surface area (Å²) in [6.07, 6.45) is 0. The molecule has 0 saturated carbocycles. The molecule has 1 atom stereocenters. The van der Waals surface area contributed by atoms with Gasteiger partial charge >= 0.3 is 6.03 Å². The van der Waals surface area contributed by atoms with E-state index >= 15 is 0 Å². The van der Waals surface area contributed by atoms with Gasteiger partial charge in [-0.3, -0.25) is 9.59 Å². The van der Waals surface area contributed by atoms with Crippen LogP contribution in [0.2, 0.25) is 5.02 Å². The minimum Gasteiger partial charge on any atom is -0.323 e. The van der Waals surface area contributed by atoms with Crippen LogP contribution in [0, 0.1) is 0 Å². The summed E-state index contributed by atoms with van der Waals surface area (Å²) in [6, 6.07) is 4.82. The van der Waals surface area contributed by atoms with Gasteiger partial charge in [0.15, 0.2) is 11.6 Å². The van der Waals surface area contributed by atoms with Gasteiger partial charge in [0, 0.05) is 21.9 Å². The number of ketones is 2. The molecule has 0 radical (unpaired) electrons. The molecule has 0 saturated heterocycles. The number of halogens is 1. The number of hydrogen-bond donors (Lipinski definition) is 2. The third-order valence-electron chi connectivity index (χ3n) is 3.04. The quantitative estimate of drug-likeness (QED) is 0.838. The molecular weight excluding hydrogens is 280 g/mol. The van der Waals surface area contributed by atoms with Crippen molar-refractivity contribution in [1.82, 2.24) is 10.6 Å². The maximum Gasteiger partial charge on any atom is 0.319 e. The van der Waals surface area contributed by atoms with Crippen LogP contribution in [0.3, 0.4) is 0 Å². The summed E-state index contributed by atoms with van der Waals surface area (Å²) in [5, 5.41) is 5.48. The summed E-state index contributed by atoms with van der Waals surface area (Å²) in [6.45, 7) is 2.96. The van der Waals surface area contributed by atoms with Crippen LogP contribution in [-0.4, -0.2) is 23.6 Å². The van der Waals surface area contributed by atoms with Crippen LogP contribution in [0.5, 0.6) is 0 Å². The molecule has 0 aliphatic carbocycles. The molecular formula is C14H13ClN2O3. The molecule has 2 rings (SSSR count). The lowest BCUT2D eigenvalue weighted by molar-refractivity contribution is -0.113. The topological polar surface area (TPSA) is 75.3 Å². The maximum atomic E-state index is 12.4. The molecule has 0 fully saturated rings. The molecule has 2 amide bonds. The molecule has 1 aliphatic rings. The van der Waals surface area contributed by atoms with Crippen LogP contribution < -0.4 is 10.6 Å². The molecule has 0 aromatic heterocycles. The molecule has 2 N–H and O–H groups in total. The molecule has 1 aromatic carbocycles. The van der Waals surface area contributed by atoms with Crippen molar-refractivity contribution in [3.05, 3.63) is 46.1 Å². The minimum atomic E-state index is -0.970. The second-order valence-corrected chi connectivity index (χ2v) is 4.93. The van der Waals surface area contributed by atoms with Crippen molar-refractivity contribution in [3.63, 3.8) is 0 Å². The van der Waals surface area contributed by atoms with Crippen LogP contribution in [0.1, 0.15) is 24.2 Å². The smallest absolute Gasteiger partial charge is 0.319 e. The number of benzene rings is 1. The van der Waals surface area contributed by atoms with Crippen molar-refractivity contribution in [2.24, 2.45) is 0 Å². The van der Waals surface area contributed by atoms with Gasteiger partial charge in [0.05, 0.1) is 0 Å². The van der Waals surface area contributed by atoms with E-state index in [0.29, 0.717) is 16.3 Å². The average molecular weight is 293 g/mol. The van der Waals surface area contributed by atoms with Crippen LogP contribution in [0.4, 0.5) is 4.79 Å². The molecule has 1 heterocycles. The Balaban J connectivity index is 2.41. The summed E-state index contributed by atoms with van der Waals surface area (Å²) in [5.41, 5.74) is 1.05. The van der Waals surface area contributed by atoms with Gasteiger partial charge < -0.3 is 10.6 Å². The van der Waals surface area contributed by atoms with Crippen molar-refractivity contribution >= 4 is 29.2 Å². The van der Waals surface area contributed by atoms with Gasteiger partial charge in [0.1, 0.15) is 6.04 Å². The van der Waals surface area contributed by atoms with E-state index in [0.717, 1.165) is 0 Å². The van der Waals surface area contributed by atoms with E-state index in [2.05, 4.69) is 10.6 Å². The van der Waals surface area contributed by atoms with Gasteiger partial charge in [0.2, 0.25) is 0 Å². The normalized spacial score (nSPS) is 18.4. The standard InChI is InChI=1S/C14H13ClN2O3/c1-7-11(8(2)18)12(17-14(20)16-7)13(19)9-3-5-10(15)6-4-9/h3-6,12H,1-2H3,(H2,16,17,20). The summed E-state index contributed by atoms with van der Waals surface area (Å²) in [7, 11) is 0. The van der Waals surface area contributed by atoms with Gasteiger partial charge in [-0.25, -0.2) is 4.79 Å². The van der Waals surface area contributed by atoms with Crippen molar-refractivity contribution in [1.29, 1.82) is 0 Å². The molecule has 104 valence electrons. The number of allylic oxidation sites excluding steroid dienone is 1. The predicted octanol–water partition coefficient (Wildman–Crippen LogP) is 2.07. The highest BCUT2D eigenvalue weighted by molar-refractivity contribution is 6.30. The zero-order valence-corrected chi connectivity index (χ0v) is 11.7. The predicted molar refractivity (Wildman–Crippen MR) is 74.6 cm³/mol. The largest absolute Gasteiger partial charge is 0.323 e. The Morgan fingerprint density at radius 1 is 1.20 bits per heavy atom. The molecule has 5 nitrogen and oxygen atoms in total. The highest BCUT2D eigenvalue weighted by Gasteiger charge is 2.33. The first-order chi connectivity index (χ1) is 9.40. The number of amides is 2. The molecule has 1 aromatic rings. The highest BCUT2D eigenvalue weighted by atomic mass is 35.5. The van der Waals surface area contributed by atoms with Gasteiger partial charge in [0.25, 0.3) is 0 Å². The number of rotatable bonds is 3.